The van der Waals surface area contributed by atoms with Crippen LogP contribution in [0.2, 0.25) is 0 Å². The molecule has 0 aliphatic carbocycles. The number of carbonyl (C=O) groups excluding carboxylic acids is 2. The van der Waals surface area contributed by atoms with E-state index in [9.17, 15) is 9.59 Å². The predicted molar refractivity (Wildman–Crippen MR) is 108 cm³/mol. The lowest BCUT2D eigenvalue weighted by atomic mass is 10.1. The number of aromatic nitrogens is 2. The third kappa shape index (κ3) is 3.10. The Balaban J connectivity index is 1.43. The van der Waals surface area contributed by atoms with Gasteiger partial charge in [-0.15, -0.1) is 0 Å². The topological polar surface area (TPSA) is 104 Å². The molecule has 0 saturated carbocycles. The van der Waals surface area contributed by atoms with Crippen LogP contribution in [0.1, 0.15) is 12.5 Å². The lowest BCUT2D eigenvalue weighted by Gasteiger charge is -2.24. The Kier molecular flexibility index (Phi) is 4.27. The molecule has 2 aliphatic rings. The Morgan fingerprint density at radius 3 is 2.80 bits per heavy atom. The van der Waals surface area contributed by atoms with Crippen LogP contribution in [0.15, 0.2) is 48.7 Å². The van der Waals surface area contributed by atoms with Crippen molar-refractivity contribution in [3.05, 3.63) is 48.7 Å². The van der Waals surface area contributed by atoms with Gasteiger partial charge in [0.25, 0.3) is 0 Å². The average Bonchev–Trinajstić information content (AvgIpc) is 3.39. The molecule has 9 nitrogen and oxygen atoms in total. The smallest absolute Gasteiger partial charge is 0.249 e. The lowest BCUT2D eigenvalue weighted by Crippen LogP contribution is -2.35. The SMILES string of the molecule is COc1ccc(-c2cnn3c2NC(=O)C[C@@H]3C(=O)Nc2ccc3c(c2)OCO3)cc1. The Bertz CT molecular complexity index is 1140. The van der Waals surface area contributed by atoms with Crippen LogP contribution >= 0.6 is 0 Å². The molecule has 0 bridgehead atoms. The Labute approximate surface area is 171 Å². The van der Waals surface area contributed by atoms with Crippen molar-refractivity contribution in [2.75, 3.05) is 24.5 Å². The maximum absolute atomic E-state index is 13.0. The molecule has 2 N–H and O–H groups in total. The van der Waals surface area contributed by atoms with Crippen molar-refractivity contribution in [2.45, 2.75) is 12.5 Å². The van der Waals surface area contributed by atoms with Crippen molar-refractivity contribution in [3.8, 4) is 28.4 Å². The first-order valence-electron chi connectivity index (χ1n) is 9.34. The number of benzene rings is 2. The summed E-state index contributed by atoms with van der Waals surface area (Å²) >= 11 is 0. The van der Waals surface area contributed by atoms with E-state index in [1.54, 1.807) is 36.2 Å². The lowest BCUT2D eigenvalue weighted by molar-refractivity contribution is -0.125. The van der Waals surface area contributed by atoms with Gasteiger partial charge in [-0.05, 0) is 29.8 Å². The molecule has 0 unspecified atom stereocenters. The van der Waals surface area contributed by atoms with Crippen LogP contribution in [0.4, 0.5) is 11.5 Å². The van der Waals surface area contributed by atoms with E-state index in [2.05, 4.69) is 15.7 Å². The van der Waals surface area contributed by atoms with Gasteiger partial charge in [-0.1, -0.05) is 12.1 Å². The summed E-state index contributed by atoms with van der Waals surface area (Å²) in [6, 6.07) is 11.8. The molecule has 9 heteroatoms. The van der Waals surface area contributed by atoms with Gasteiger partial charge in [0.15, 0.2) is 11.5 Å². The summed E-state index contributed by atoms with van der Waals surface area (Å²) in [7, 11) is 1.60. The van der Waals surface area contributed by atoms with Gasteiger partial charge in [-0.3, -0.25) is 9.59 Å². The number of methoxy groups -OCH3 is 1. The molecule has 2 aliphatic heterocycles. The minimum atomic E-state index is -0.772. The molecule has 3 aromatic rings. The first-order chi connectivity index (χ1) is 14.6. The van der Waals surface area contributed by atoms with Crippen LogP contribution in [0.3, 0.4) is 0 Å². The number of hydrogen-bond acceptors (Lipinski definition) is 6. The quantitative estimate of drug-likeness (QED) is 0.691. The summed E-state index contributed by atoms with van der Waals surface area (Å²) in [6.45, 7) is 0.153. The summed E-state index contributed by atoms with van der Waals surface area (Å²) in [5.41, 5.74) is 2.14. The standard InChI is InChI=1S/C21H18N4O5/c1-28-14-5-2-12(3-6-14)15-10-22-25-16(9-19(26)24-20(15)25)21(27)23-13-4-7-17-18(8-13)30-11-29-17/h2-8,10,16H,9,11H2,1H3,(H,23,27)(H,24,26)/t16-/m1/s1. The molecule has 30 heavy (non-hydrogen) atoms. The van der Waals surface area contributed by atoms with Crippen LogP contribution in [-0.2, 0) is 9.59 Å². The van der Waals surface area contributed by atoms with Crippen LogP contribution in [-0.4, -0.2) is 35.5 Å². The van der Waals surface area contributed by atoms with E-state index < -0.39 is 6.04 Å². The molecule has 152 valence electrons. The van der Waals surface area contributed by atoms with Crippen molar-refractivity contribution in [3.63, 3.8) is 0 Å². The van der Waals surface area contributed by atoms with Gasteiger partial charge in [0.2, 0.25) is 18.6 Å². The molecule has 0 radical (unpaired) electrons. The van der Waals surface area contributed by atoms with Crippen LogP contribution < -0.4 is 24.8 Å². The number of fused-ring (bicyclic) bond motifs is 2. The second-order valence-corrected chi connectivity index (χ2v) is 6.91. The van der Waals surface area contributed by atoms with Crippen LogP contribution in [0.25, 0.3) is 11.1 Å². The number of amides is 2. The number of rotatable bonds is 4. The van der Waals surface area contributed by atoms with E-state index >= 15 is 0 Å². The number of nitrogens with one attached hydrogen (secondary N) is 2. The molecule has 2 aromatic carbocycles. The maximum Gasteiger partial charge on any atom is 0.249 e. The van der Waals surface area contributed by atoms with E-state index in [4.69, 9.17) is 14.2 Å². The zero-order valence-corrected chi connectivity index (χ0v) is 16.0. The summed E-state index contributed by atoms with van der Waals surface area (Å²) < 4.78 is 17.4. The monoisotopic (exact) mass is 406 g/mol. The zero-order chi connectivity index (χ0) is 20.7. The molecule has 1 atom stereocenters. The molecule has 3 heterocycles. The van der Waals surface area contributed by atoms with Crippen molar-refractivity contribution in [2.24, 2.45) is 0 Å². The first kappa shape index (κ1) is 18.0. The summed E-state index contributed by atoms with van der Waals surface area (Å²) in [6.07, 6.45) is 1.64. The molecular formula is C21H18N4O5. The third-order valence-electron chi connectivity index (χ3n) is 5.07. The highest BCUT2D eigenvalue weighted by molar-refractivity contribution is 6.03. The van der Waals surface area contributed by atoms with Gasteiger partial charge in [0, 0.05) is 17.3 Å². The van der Waals surface area contributed by atoms with Crippen LogP contribution in [0.5, 0.6) is 17.2 Å². The van der Waals surface area contributed by atoms with Crippen molar-refractivity contribution >= 4 is 23.3 Å². The molecule has 5 rings (SSSR count). The van der Waals surface area contributed by atoms with Gasteiger partial charge >= 0.3 is 0 Å². The summed E-state index contributed by atoms with van der Waals surface area (Å²) in [4.78, 5) is 25.3. The Morgan fingerprint density at radius 1 is 1.20 bits per heavy atom. The number of hydrogen-bond donors (Lipinski definition) is 2. The van der Waals surface area contributed by atoms with Gasteiger partial charge in [-0.2, -0.15) is 5.10 Å². The summed E-state index contributed by atoms with van der Waals surface area (Å²) in [5.74, 6) is 1.82. The van der Waals surface area contributed by atoms with Crippen LogP contribution in [0, 0.1) is 0 Å². The average molecular weight is 406 g/mol. The molecule has 0 fully saturated rings. The fourth-order valence-electron chi connectivity index (χ4n) is 3.55. The van der Waals surface area contributed by atoms with Gasteiger partial charge in [0.05, 0.1) is 19.7 Å². The molecule has 2 amide bonds. The third-order valence-corrected chi connectivity index (χ3v) is 5.07. The predicted octanol–water partition coefficient (Wildman–Crippen LogP) is 2.81. The first-order valence-corrected chi connectivity index (χ1v) is 9.34. The van der Waals surface area contributed by atoms with E-state index in [-0.39, 0.29) is 25.0 Å². The highest BCUT2D eigenvalue weighted by Gasteiger charge is 2.33. The number of carbonyl (C=O) groups is 2. The largest absolute Gasteiger partial charge is 0.497 e. The van der Waals surface area contributed by atoms with E-state index in [0.29, 0.717) is 23.0 Å². The number of anilines is 2. The minimum absolute atomic E-state index is 0.00683. The van der Waals surface area contributed by atoms with Gasteiger partial charge in [0.1, 0.15) is 17.6 Å². The summed E-state index contributed by atoms with van der Waals surface area (Å²) in [5, 5.41) is 10.0. The molecule has 0 spiro atoms. The van der Waals surface area contributed by atoms with E-state index in [0.717, 1.165) is 16.9 Å². The fourth-order valence-corrected chi connectivity index (χ4v) is 3.55. The Morgan fingerprint density at radius 2 is 2.00 bits per heavy atom. The van der Waals surface area contributed by atoms with Gasteiger partial charge in [-0.25, -0.2) is 4.68 Å². The minimum Gasteiger partial charge on any atom is -0.497 e. The molecular weight excluding hydrogens is 388 g/mol. The highest BCUT2D eigenvalue weighted by atomic mass is 16.7. The van der Waals surface area contributed by atoms with Gasteiger partial charge < -0.3 is 24.8 Å². The normalized spacial score (nSPS) is 16.6. The molecule has 0 saturated heterocycles. The number of nitrogens with zero attached hydrogens (tertiary/aromatic N) is 2. The zero-order valence-electron chi connectivity index (χ0n) is 16.0. The van der Waals surface area contributed by atoms with E-state index in [1.807, 2.05) is 24.3 Å². The highest BCUT2D eigenvalue weighted by Crippen LogP contribution is 2.37. The van der Waals surface area contributed by atoms with Crippen molar-refractivity contribution in [1.82, 2.24) is 9.78 Å². The second kappa shape index (κ2) is 7.11. The van der Waals surface area contributed by atoms with Crippen molar-refractivity contribution < 1.29 is 23.8 Å². The van der Waals surface area contributed by atoms with Crippen molar-refractivity contribution in [1.29, 1.82) is 0 Å². The second-order valence-electron chi connectivity index (χ2n) is 6.91. The Hall–Kier alpha value is -4.01. The molecule has 1 aromatic heterocycles. The maximum atomic E-state index is 13.0. The fraction of sp³-hybridized carbons (Fsp3) is 0.190. The van der Waals surface area contributed by atoms with E-state index in [1.165, 1.54) is 0 Å². The number of ether oxygens (including phenoxy) is 3.